The van der Waals surface area contributed by atoms with Crippen molar-refractivity contribution in [2.45, 2.75) is 18.2 Å². The number of nitrogens with zero attached hydrogens (tertiary/aromatic N) is 1. The number of nitrogens with one attached hydrogen (secondary N) is 2. The van der Waals surface area contributed by atoms with Crippen LogP contribution >= 0.6 is 0 Å². The number of amides is 1. The third-order valence-corrected chi connectivity index (χ3v) is 5.74. The van der Waals surface area contributed by atoms with Crippen molar-refractivity contribution in [3.8, 4) is 11.5 Å². The highest BCUT2D eigenvalue weighted by atomic mass is 32.2. The van der Waals surface area contributed by atoms with Crippen molar-refractivity contribution >= 4 is 27.3 Å². The largest absolute Gasteiger partial charge is 0.493 e. The predicted octanol–water partition coefficient (Wildman–Crippen LogP) is 2.36. The molecule has 0 saturated heterocycles. The first kappa shape index (κ1) is 19.7. The van der Waals surface area contributed by atoms with E-state index < -0.39 is 10.0 Å². The molecule has 0 fully saturated rings. The van der Waals surface area contributed by atoms with Gasteiger partial charge in [0, 0.05) is 24.1 Å². The fraction of sp³-hybridized carbons (Fsp3) is 0.263. The fourth-order valence-corrected chi connectivity index (χ4v) is 3.98. The van der Waals surface area contributed by atoms with E-state index in [1.807, 2.05) is 6.92 Å². The molecule has 2 N–H and O–H groups in total. The van der Waals surface area contributed by atoms with Crippen molar-refractivity contribution in [3.63, 3.8) is 0 Å². The van der Waals surface area contributed by atoms with E-state index in [4.69, 9.17) is 9.47 Å². The number of hydrogen-bond donors (Lipinski definition) is 2. The minimum atomic E-state index is -3.80. The van der Waals surface area contributed by atoms with Gasteiger partial charge in [0.2, 0.25) is 5.91 Å². The zero-order valence-corrected chi connectivity index (χ0v) is 16.5. The quantitative estimate of drug-likeness (QED) is 0.770. The molecular weight excluding hydrogens is 382 g/mol. The summed E-state index contributed by atoms with van der Waals surface area (Å²) in [6, 6.07) is 11.2. The summed E-state index contributed by atoms with van der Waals surface area (Å²) < 4.78 is 38.2. The first-order valence-electron chi connectivity index (χ1n) is 8.55. The van der Waals surface area contributed by atoms with Gasteiger partial charge < -0.3 is 9.47 Å². The van der Waals surface area contributed by atoms with Crippen LogP contribution in [-0.4, -0.2) is 34.3 Å². The Labute approximate surface area is 163 Å². The second kappa shape index (κ2) is 7.89. The SMILES string of the molecule is COc1ccc(S(=O)(=O)Nc2ccc(C3=NNC(=O)CC3C)cc2)cc1OC. The molecule has 1 atom stereocenters. The second-order valence-electron chi connectivity index (χ2n) is 6.34. The third kappa shape index (κ3) is 4.09. The van der Waals surface area contributed by atoms with Crippen molar-refractivity contribution in [1.29, 1.82) is 0 Å². The normalized spacial score (nSPS) is 16.8. The number of hydrogen-bond acceptors (Lipinski definition) is 6. The van der Waals surface area contributed by atoms with Gasteiger partial charge in [0.1, 0.15) is 0 Å². The summed E-state index contributed by atoms with van der Waals surface area (Å²) in [7, 11) is -0.876. The van der Waals surface area contributed by atoms with Crippen LogP contribution in [0.4, 0.5) is 5.69 Å². The van der Waals surface area contributed by atoms with Crippen molar-refractivity contribution in [1.82, 2.24) is 5.43 Å². The lowest BCUT2D eigenvalue weighted by molar-refractivity contribution is -0.121. The van der Waals surface area contributed by atoms with E-state index >= 15 is 0 Å². The van der Waals surface area contributed by atoms with Crippen LogP contribution in [0, 0.1) is 5.92 Å². The lowest BCUT2D eigenvalue weighted by Crippen LogP contribution is -2.31. The number of anilines is 1. The Balaban J connectivity index is 1.81. The third-order valence-electron chi connectivity index (χ3n) is 4.36. The Kier molecular flexibility index (Phi) is 5.55. The lowest BCUT2D eigenvalue weighted by Gasteiger charge is -2.19. The molecule has 0 radical (unpaired) electrons. The molecule has 1 unspecified atom stereocenters. The van der Waals surface area contributed by atoms with E-state index in [1.165, 1.54) is 32.4 Å². The van der Waals surface area contributed by atoms with Crippen molar-refractivity contribution in [2.24, 2.45) is 11.0 Å². The van der Waals surface area contributed by atoms with Crippen LogP contribution in [0.2, 0.25) is 0 Å². The molecule has 0 saturated carbocycles. The molecule has 0 spiro atoms. The summed E-state index contributed by atoms with van der Waals surface area (Å²) in [4.78, 5) is 11.4. The van der Waals surface area contributed by atoms with Gasteiger partial charge in [0.15, 0.2) is 11.5 Å². The van der Waals surface area contributed by atoms with E-state index in [9.17, 15) is 13.2 Å². The average molecular weight is 403 g/mol. The lowest BCUT2D eigenvalue weighted by atomic mass is 9.94. The first-order valence-corrected chi connectivity index (χ1v) is 10.0. The highest BCUT2D eigenvalue weighted by Crippen LogP contribution is 2.30. The summed E-state index contributed by atoms with van der Waals surface area (Å²) in [6.45, 7) is 1.92. The van der Waals surface area contributed by atoms with E-state index in [-0.39, 0.29) is 16.7 Å². The Morgan fingerprint density at radius 3 is 2.36 bits per heavy atom. The van der Waals surface area contributed by atoms with Gasteiger partial charge in [-0.25, -0.2) is 13.8 Å². The molecule has 9 heteroatoms. The Bertz CT molecular complexity index is 1020. The second-order valence-corrected chi connectivity index (χ2v) is 8.02. The van der Waals surface area contributed by atoms with Crippen LogP contribution in [0.25, 0.3) is 0 Å². The highest BCUT2D eigenvalue weighted by Gasteiger charge is 2.22. The van der Waals surface area contributed by atoms with Crippen LogP contribution in [0.3, 0.4) is 0 Å². The molecule has 1 heterocycles. The van der Waals surface area contributed by atoms with Gasteiger partial charge in [-0.1, -0.05) is 19.1 Å². The number of ether oxygens (including phenoxy) is 2. The monoisotopic (exact) mass is 403 g/mol. The van der Waals surface area contributed by atoms with Crippen molar-refractivity contribution in [3.05, 3.63) is 48.0 Å². The van der Waals surface area contributed by atoms with Gasteiger partial charge in [0.05, 0.1) is 24.8 Å². The van der Waals surface area contributed by atoms with Crippen molar-refractivity contribution in [2.75, 3.05) is 18.9 Å². The molecule has 1 amide bonds. The summed E-state index contributed by atoms with van der Waals surface area (Å²) in [5.41, 5.74) is 4.46. The molecule has 0 bridgehead atoms. The molecule has 2 aromatic rings. The average Bonchev–Trinajstić information content (AvgIpc) is 2.68. The summed E-state index contributed by atoms with van der Waals surface area (Å²) in [5.74, 6) is 0.644. The molecule has 1 aliphatic heterocycles. The van der Waals surface area contributed by atoms with Gasteiger partial charge in [0.25, 0.3) is 10.0 Å². The summed E-state index contributed by atoms with van der Waals surface area (Å²) in [5, 5.41) is 4.10. The summed E-state index contributed by atoms with van der Waals surface area (Å²) >= 11 is 0. The number of hydrazone groups is 1. The van der Waals surface area contributed by atoms with Gasteiger partial charge >= 0.3 is 0 Å². The van der Waals surface area contributed by atoms with E-state index in [1.54, 1.807) is 24.3 Å². The molecule has 0 aromatic heterocycles. The standard InChI is InChI=1S/C19H21N3O5S/c1-12-10-18(23)20-21-19(12)13-4-6-14(7-5-13)22-28(24,25)15-8-9-16(26-2)17(11-15)27-3/h4-9,11-12,22H,10H2,1-3H3,(H,20,23). The van der Waals surface area contributed by atoms with E-state index in [0.29, 0.717) is 23.6 Å². The van der Waals surface area contributed by atoms with E-state index in [0.717, 1.165) is 11.3 Å². The first-order chi connectivity index (χ1) is 13.3. The maximum Gasteiger partial charge on any atom is 0.262 e. The van der Waals surface area contributed by atoms with Crippen LogP contribution in [-0.2, 0) is 14.8 Å². The van der Waals surface area contributed by atoms with Crippen LogP contribution in [0.1, 0.15) is 18.9 Å². The maximum atomic E-state index is 12.7. The number of carbonyl (C=O) groups excluding carboxylic acids is 1. The van der Waals surface area contributed by atoms with Gasteiger partial charge in [-0.15, -0.1) is 0 Å². The van der Waals surface area contributed by atoms with Crippen LogP contribution in [0.5, 0.6) is 11.5 Å². The number of carbonyl (C=O) groups is 1. The Morgan fingerprint density at radius 1 is 1.07 bits per heavy atom. The zero-order valence-electron chi connectivity index (χ0n) is 15.7. The van der Waals surface area contributed by atoms with Crippen molar-refractivity contribution < 1.29 is 22.7 Å². The molecule has 148 valence electrons. The molecule has 28 heavy (non-hydrogen) atoms. The van der Waals surface area contributed by atoms with Gasteiger partial charge in [-0.05, 0) is 29.8 Å². The highest BCUT2D eigenvalue weighted by molar-refractivity contribution is 7.92. The minimum absolute atomic E-state index is 0.0111. The number of sulfonamides is 1. The zero-order chi connectivity index (χ0) is 20.3. The minimum Gasteiger partial charge on any atom is -0.493 e. The topological polar surface area (TPSA) is 106 Å². The molecule has 0 aliphatic carbocycles. The molecular formula is C19H21N3O5S. The Morgan fingerprint density at radius 2 is 1.75 bits per heavy atom. The van der Waals surface area contributed by atoms with Gasteiger partial charge in [-0.3, -0.25) is 9.52 Å². The van der Waals surface area contributed by atoms with Gasteiger partial charge in [-0.2, -0.15) is 5.10 Å². The van der Waals surface area contributed by atoms with E-state index in [2.05, 4.69) is 15.2 Å². The number of benzene rings is 2. The van der Waals surface area contributed by atoms with Crippen LogP contribution in [0.15, 0.2) is 52.5 Å². The molecule has 2 aromatic carbocycles. The fourth-order valence-electron chi connectivity index (χ4n) is 2.91. The molecule has 1 aliphatic rings. The predicted molar refractivity (Wildman–Crippen MR) is 105 cm³/mol. The summed E-state index contributed by atoms with van der Waals surface area (Å²) in [6.07, 6.45) is 0.368. The van der Waals surface area contributed by atoms with Crippen LogP contribution < -0.4 is 19.6 Å². The number of rotatable bonds is 6. The Hall–Kier alpha value is -3.07. The number of methoxy groups -OCH3 is 2. The molecule has 3 rings (SSSR count). The smallest absolute Gasteiger partial charge is 0.262 e. The molecule has 8 nitrogen and oxygen atoms in total. The maximum absolute atomic E-state index is 12.7.